The minimum atomic E-state index is -1.28. The van der Waals surface area contributed by atoms with E-state index in [1.807, 2.05) is 20.8 Å². The number of rotatable bonds is 12. The van der Waals surface area contributed by atoms with Gasteiger partial charge in [0.2, 0.25) is 0 Å². The van der Waals surface area contributed by atoms with Crippen molar-refractivity contribution in [2.45, 2.75) is 85.5 Å². The van der Waals surface area contributed by atoms with Gasteiger partial charge in [0.05, 0.1) is 0 Å². The van der Waals surface area contributed by atoms with Crippen LogP contribution < -0.4 is 15.3 Å². The normalized spacial score (nSPS) is 8.38. The number of carbonyl (C=O) groups is 7. The molecular formula is C20H31AlO11. The Bertz CT molecular complexity index is 511. The second-order valence-electron chi connectivity index (χ2n) is 6.03. The zero-order chi connectivity index (χ0) is 25.4. The van der Waals surface area contributed by atoms with Gasteiger partial charge in [0, 0.05) is 63.4 Å². The van der Waals surface area contributed by atoms with Crippen molar-refractivity contribution < 1.29 is 54.0 Å². The molecule has 0 spiro atoms. The van der Waals surface area contributed by atoms with E-state index >= 15 is 0 Å². The molecule has 0 aliphatic carbocycles. The molecule has 0 aliphatic heterocycles. The minimum absolute atomic E-state index is 0. The van der Waals surface area contributed by atoms with E-state index in [1.54, 1.807) is 0 Å². The average Bonchev–Trinajstić information content (AvgIpc) is 2.53. The summed E-state index contributed by atoms with van der Waals surface area (Å²) < 4.78 is 0. The van der Waals surface area contributed by atoms with Crippen molar-refractivity contribution in [3.05, 3.63) is 0 Å². The fourth-order valence-corrected chi connectivity index (χ4v) is 1.58. The molecule has 1 N–H and O–H groups in total. The number of carbonyl (C=O) groups excluding carboxylic acids is 6. The number of hydrogen-bond acceptors (Lipinski definition) is 10. The smallest absolute Gasteiger partial charge is 0.550 e. The monoisotopic (exact) mass is 474 g/mol. The Kier molecular flexibility index (Phi) is 35.4. The molecule has 0 saturated carbocycles. The molecule has 0 aromatic carbocycles. The first-order chi connectivity index (χ1) is 14.2. The first-order valence-electron chi connectivity index (χ1n) is 9.57. The zero-order valence-electron chi connectivity index (χ0n) is 19.0. The predicted octanol–water partition coefficient (Wildman–Crippen LogP) is -1.80. The number of hydrogen-bond donors (Lipinski definition) is 1. The van der Waals surface area contributed by atoms with Crippen molar-refractivity contribution in [1.29, 1.82) is 0 Å². The van der Waals surface area contributed by atoms with Crippen LogP contribution in [-0.4, -0.2) is 63.7 Å². The molecule has 180 valence electrons. The Morgan fingerprint density at radius 1 is 0.562 bits per heavy atom. The molecule has 0 rings (SSSR count). The Labute approximate surface area is 198 Å². The summed E-state index contributed by atoms with van der Waals surface area (Å²) in [6.07, 6.45) is 1.82. The standard InChI is InChI=1S/3C6H10O3.C2H4O2.Al/c3*1-2-3-5(7)4-6(8)9;1-2(3)4;/h3*2-4H2,1H3,(H,8,9);1H3,(H,3,4);/q;;;;+3/p-3. The van der Waals surface area contributed by atoms with Crippen LogP contribution in [0.15, 0.2) is 0 Å². The Morgan fingerprint density at radius 2 is 0.719 bits per heavy atom. The first-order valence-corrected chi connectivity index (χ1v) is 9.57. The molecule has 0 fully saturated rings. The third-order valence-corrected chi connectivity index (χ3v) is 2.61. The van der Waals surface area contributed by atoms with E-state index in [9.17, 15) is 44.1 Å². The van der Waals surface area contributed by atoms with Crippen molar-refractivity contribution in [1.82, 2.24) is 0 Å². The number of carboxylic acids is 4. The van der Waals surface area contributed by atoms with Gasteiger partial charge in [-0.15, -0.1) is 0 Å². The van der Waals surface area contributed by atoms with Gasteiger partial charge in [0.1, 0.15) is 17.3 Å². The maximum absolute atomic E-state index is 10.4. The third kappa shape index (κ3) is 56.4. The predicted molar refractivity (Wildman–Crippen MR) is 108 cm³/mol. The maximum atomic E-state index is 10.4. The van der Waals surface area contributed by atoms with Gasteiger partial charge in [-0.1, -0.05) is 20.8 Å². The van der Waals surface area contributed by atoms with Crippen LogP contribution in [0.1, 0.15) is 85.5 Å². The van der Waals surface area contributed by atoms with Crippen LogP contribution in [0.5, 0.6) is 0 Å². The average molecular weight is 474 g/mol. The summed E-state index contributed by atoms with van der Waals surface area (Å²) in [5, 5.41) is 36.7. The minimum Gasteiger partial charge on any atom is -0.550 e. The van der Waals surface area contributed by atoms with E-state index in [-0.39, 0.29) is 34.7 Å². The largest absolute Gasteiger partial charge is 3.00 e. The van der Waals surface area contributed by atoms with Gasteiger partial charge in [0.15, 0.2) is 0 Å². The van der Waals surface area contributed by atoms with Gasteiger partial charge >= 0.3 is 17.4 Å². The summed E-state index contributed by atoms with van der Waals surface area (Å²) in [5.74, 6) is -5.44. The topological polar surface area (TPSA) is 209 Å². The second-order valence-corrected chi connectivity index (χ2v) is 6.03. The number of carboxylic acid groups (broad SMARTS) is 4. The van der Waals surface area contributed by atoms with Crippen molar-refractivity contribution >= 4 is 58.6 Å². The van der Waals surface area contributed by atoms with Crippen molar-refractivity contribution in [2.24, 2.45) is 0 Å². The molecule has 0 aliphatic rings. The summed E-state index contributed by atoms with van der Waals surface area (Å²) >= 11 is 0. The van der Waals surface area contributed by atoms with E-state index < -0.39 is 43.1 Å². The van der Waals surface area contributed by atoms with E-state index in [1.165, 1.54) is 0 Å². The quantitative estimate of drug-likeness (QED) is 0.246. The van der Waals surface area contributed by atoms with Crippen molar-refractivity contribution in [3.8, 4) is 0 Å². The maximum Gasteiger partial charge on any atom is 3.00 e. The first kappa shape index (κ1) is 39.8. The van der Waals surface area contributed by atoms with E-state index in [2.05, 4.69) is 0 Å². The van der Waals surface area contributed by atoms with Crippen LogP contribution in [0.25, 0.3) is 0 Å². The molecule has 12 heteroatoms. The van der Waals surface area contributed by atoms with E-state index in [4.69, 9.17) is 9.90 Å². The fourth-order valence-electron chi connectivity index (χ4n) is 1.58. The summed E-state index contributed by atoms with van der Waals surface area (Å²) in [5.41, 5.74) is 0. The Balaban J connectivity index is -0.000000104. The SMILES string of the molecule is CC(=O)O.CCCC(=O)CC(=O)[O-].CCCC(=O)CC(=O)[O-].CCCC(=O)CC(=O)[O-].[Al+3]. The summed E-state index contributed by atoms with van der Waals surface area (Å²) in [7, 11) is 0. The van der Waals surface area contributed by atoms with Gasteiger partial charge < -0.3 is 34.8 Å². The van der Waals surface area contributed by atoms with Crippen LogP contribution in [-0.2, 0) is 33.6 Å². The molecule has 0 atom stereocenters. The van der Waals surface area contributed by atoms with Gasteiger partial charge in [-0.3, -0.25) is 19.2 Å². The Morgan fingerprint density at radius 3 is 0.812 bits per heavy atom. The fraction of sp³-hybridized carbons (Fsp3) is 0.650. The van der Waals surface area contributed by atoms with E-state index in [0.29, 0.717) is 38.5 Å². The molecular weight excluding hydrogens is 443 g/mol. The second kappa shape index (κ2) is 28.4. The van der Waals surface area contributed by atoms with Gasteiger partial charge in [-0.05, 0) is 19.3 Å². The molecule has 0 amide bonds. The molecule has 0 heterocycles. The molecule has 32 heavy (non-hydrogen) atoms. The van der Waals surface area contributed by atoms with Gasteiger partial charge in [0.25, 0.3) is 5.97 Å². The van der Waals surface area contributed by atoms with Crippen molar-refractivity contribution in [2.75, 3.05) is 0 Å². The molecule has 0 aromatic heterocycles. The molecule has 0 bridgehead atoms. The molecule has 0 aromatic rings. The molecule has 0 unspecified atom stereocenters. The van der Waals surface area contributed by atoms with Crippen LogP contribution >= 0.6 is 0 Å². The van der Waals surface area contributed by atoms with Crippen LogP contribution in [0.4, 0.5) is 0 Å². The summed E-state index contributed by atoms with van der Waals surface area (Å²) in [6, 6.07) is 0. The van der Waals surface area contributed by atoms with E-state index in [0.717, 1.165) is 6.92 Å². The van der Waals surface area contributed by atoms with Crippen LogP contribution in [0.2, 0.25) is 0 Å². The molecule has 0 radical (unpaired) electrons. The number of Topliss-reactive ketones (excluding diaryl/α,β-unsaturated/α-hetero) is 3. The Hall–Kier alpha value is -2.58. The van der Waals surface area contributed by atoms with Crippen LogP contribution in [0, 0.1) is 0 Å². The molecule has 11 nitrogen and oxygen atoms in total. The van der Waals surface area contributed by atoms with Crippen LogP contribution in [0.3, 0.4) is 0 Å². The molecule has 0 saturated heterocycles. The third-order valence-electron chi connectivity index (χ3n) is 2.61. The number of ketones is 3. The number of aliphatic carboxylic acids is 4. The summed E-state index contributed by atoms with van der Waals surface area (Å²) in [6.45, 7) is 6.56. The van der Waals surface area contributed by atoms with Gasteiger partial charge in [-0.25, -0.2) is 0 Å². The van der Waals surface area contributed by atoms with Gasteiger partial charge in [-0.2, -0.15) is 0 Å². The zero-order valence-corrected chi connectivity index (χ0v) is 20.1. The summed E-state index contributed by atoms with van der Waals surface area (Å²) in [4.78, 5) is 69.6. The van der Waals surface area contributed by atoms with Crippen molar-refractivity contribution in [3.63, 3.8) is 0 Å².